The highest BCUT2D eigenvalue weighted by atomic mass is 16.2. The lowest BCUT2D eigenvalue weighted by Gasteiger charge is -2.39. The zero-order chi connectivity index (χ0) is 13.0. The summed E-state index contributed by atoms with van der Waals surface area (Å²) in [7, 11) is 0. The monoisotopic (exact) mass is 246 g/mol. The molecule has 1 aromatic rings. The van der Waals surface area contributed by atoms with Crippen LogP contribution in [0.3, 0.4) is 0 Å². The van der Waals surface area contributed by atoms with E-state index in [1.54, 1.807) is 0 Å². The molecule has 0 heterocycles. The topological polar surface area (TPSA) is 55.1 Å². The van der Waals surface area contributed by atoms with Gasteiger partial charge in [-0.1, -0.05) is 43.7 Å². The average molecular weight is 246 g/mol. The highest BCUT2D eigenvalue weighted by Crippen LogP contribution is 2.43. The second kappa shape index (κ2) is 5.53. The van der Waals surface area contributed by atoms with E-state index in [1.807, 2.05) is 30.3 Å². The van der Waals surface area contributed by atoms with Gasteiger partial charge in [0, 0.05) is 18.0 Å². The molecule has 1 atom stereocenters. The van der Waals surface area contributed by atoms with Crippen molar-refractivity contribution in [3.8, 4) is 0 Å². The molecular weight excluding hydrogens is 224 g/mol. The molecule has 98 valence electrons. The maximum absolute atomic E-state index is 12.1. The van der Waals surface area contributed by atoms with E-state index >= 15 is 0 Å². The Hall–Kier alpha value is -1.35. The molecule has 0 aliphatic heterocycles. The Balaban J connectivity index is 1.86. The van der Waals surface area contributed by atoms with Crippen molar-refractivity contribution < 1.29 is 4.79 Å². The smallest absolute Gasteiger partial charge is 0.226 e. The molecule has 3 nitrogen and oxygen atoms in total. The number of hydrogen-bond acceptors (Lipinski definition) is 2. The number of hydrogen-bond donors (Lipinski definition) is 2. The lowest BCUT2D eigenvalue weighted by atomic mass is 9.66. The van der Waals surface area contributed by atoms with Gasteiger partial charge in [-0.2, -0.15) is 0 Å². The fraction of sp³-hybridized carbons (Fsp3) is 0.533. The van der Waals surface area contributed by atoms with Crippen molar-refractivity contribution in [3.63, 3.8) is 0 Å². The predicted molar refractivity (Wildman–Crippen MR) is 73.0 cm³/mol. The van der Waals surface area contributed by atoms with E-state index in [0.717, 1.165) is 24.8 Å². The van der Waals surface area contributed by atoms with Crippen LogP contribution in [0.15, 0.2) is 30.3 Å². The van der Waals surface area contributed by atoms with Crippen molar-refractivity contribution in [1.29, 1.82) is 0 Å². The van der Waals surface area contributed by atoms with Gasteiger partial charge in [0.1, 0.15) is 0 Å². The van der Waals surface area contributed by atoms with Crippen molar-refractivity contribution in [2.24, 2.45) is 11.1 Å². The third kappa shape index (κ3) is 2.56. The van der Waals surface area contributed by atoms with Crippen molar-refractivity contribution >= 4 is 5.91 Å². The number of carbonyl (C=O) groups is 1. The van der Waals surface area contributed by atoms with Gasteiger partial charge in [0.25, 0.3) is 0 Å². The Labute approximate surface area is 109 Å². The van der Waals surface area contributed by atoms with E-state index in [0.29, 0.717) is 6.54 Å². The highest BCUT2D eigenvalue weighted by molar-refractivity contribution is 5.83. The van der Waals surface area contributed by atoms with E-state index < -0.39 is 0 Å². The molecule has 0 spiro atoms. The molecule has 1 fully saturated rings. The summed E-state index contributed by atoms with van der Waals surface area (Å²) in [4.78, 5) is 12.1. The molecule has 0 saturated heterocycles. The summed E-state index contributed by atoms with van der Waals surface area (Å²) in [5.74, 6) is 0.183. The van der Waals surface area contributed by atoms with Crippen LogP contribution in [0.4, 0.5) is 0 Å². The Morgan fingerprint density at radius 2 is 2.06 bits per heavy atom. The lowest BCUT2D eigenvalue weighted by Crippen LogP contribution is -2.46. The van der Waals surface area contributed by atoms with Gasteiger partial charge in [-0.15, -0.1) is 0 Å². The van der Waals surface area contributed by atoms with Gasteiger partial charge in [0.05, 0.1) is 0 Å². The normalized spacial score (nSPS) is 18.8. The Morgan fingerprint density at radius 1 is 1.39 bits per heavy atom. The van der Waals surface area contributed by atoms with Gasteiger partial charge in [-0.3, -0.25) is 4.79 Å². The average Bonchev–Trinajstić information content (AvgIpc) is 2.36. The Morgan fingerprint density at radius 3 is 2.56 bits per heavy atom. The van der Waals surface area contributed by atoms with Crippen molar-refractivity contribution in [2.75, 3.05) is 6.54 Å². The molecule has 1 aliphatic rings. The van der Waals surface area contributed by atoms with Crippen LogP contribution in [0, 0.1) is 5.41 Å². The van der Waals surface area contributed by atoms with E-state index in [2.05, 4.69) is 12.2 Å². The van der Waals surface area contributed by atoms with Crippen molar-refractivity contribution in [2.45, 2.75) is 38.6 Å². The zero-order valence-corrected chi connectivity index (χ0v) is 11.0. The summed E-state index contributed by atoms with van der Waals surface area (Å²) in [6, 6.07) is 9.78. The Bertz CT molecular complexity index is 393. The third-order valence-corrected chi connectivity index (χ3v) is 4.18. The first kappa shape index (κ1) is 13.1. The van der Waals surface area contributed by atoms with E-state index in [4.69, 9.17) is 5.73 Å². The highest BCUT2D eigenvalue weighted by Gasteiger charge is 2.42. The number of rotatable bonds is 5. The van der Waals surface area contributed by atoms with Gasteiger partial charge >= 0.3 is 0 Å². The standard InChI is InChI=1S/C15H22N2O/c1-2-15(9-6-10-15)14(18)17-11-13(16)12-7-4-3-5-8-12/h3-5,7-8,13H,2,6,9-11,16H2,1H3,(H,17,18). The number of amides is 1. The summed E-state index contributed by atoms with van der Waals surface area (Å²) in [6.45, 7) is 2.61. The largest absolute Gasteiger partial charge is 0.354 e. The summed E-state index contributed by atoms with van der Waals surface area (Å²) < 4.78 is 0. The first-order valence-corrected chi connectivity index (χ1v) is 6.77. The van der Waals surface area contributed by atoms with Gasteiger partial charge in [-0.05, 0) is 24.8 Å². The van der Waals surface area contributed by atoms with Crippen LogP contribution in [0.5, 0.6) is 0 Å². The molecule has 0 aromatic heterocycles. The molecule has 0 bridgehead atoms. The molecule has 1 amide bonds. The summed E-state index contributed by atoms with van der Waals surface area (Å²) in [5.41, 5.74) is 7.04. The molecule has 1 saturated carbocycles. The number of carbonyl (C=O) groups excluding carboxylic acids is 1. The van der Waals surface area contributed by atoms with Crippen molar-refractivity contribution in [1.82, 2.24) is 5.32 Å². The van der Waals surface area contributed by atoms with Crippen molar-refractivity contribution in [3.05, 3.63) is 35.9 Å². The van der Waals surface area contributed by atoms with Crippen LogP contribution < -0.4 is 11.1 Å². The second-order valence-electron chi connectivity index (χ2n) is 5.21. The maximum Gasteiger partial charge on any atom is 0.226 e. The lowest BCUT2D eigenvalue weighted by molar-refractivity contribution is -0.136. The van der Waals surface area contributed by atoms with Crippen LogP contribution in [0.1, 0.15) is 44.2 Å². The minimum absolute atomic E-state index is 0.101. The summed E-state index contributed by atoms with van der Waals surface area (Å²) in [6.07, 6.45) is 4.15. The molecule has 0 radical (unpaired) electrons. The first-order chi connectivity index (χ1) is 8.68. The molecule has 1 unspecified atom stereocenters. The molecular formula is C15H22N2O. The molecule has 2 rings (SSSR count). The molecule has 3 heteroatoms. The van der Waals surface area contributed by atoms with E-state index in [1.165, 1.54) is 6.42 Å². The third-order valence-electron chi connectivity index (χ3n) is 4.18. The van der Waals surface area contributed by atoms with Crippen LogP contribution >= 0.6 is 0 Å². The molecule has 18 heavy (non-hydrogen) atoms. The summed E-state index contributed by atoms with van der Waals surface area (Å²) >= 11 is 0. The molecule has 1 aliphatic carbocycles. The van der Waals surface area contributed by atoms with Crippen LogP contribution in [-0.2, 0) is 4.79 Å². The zero-order valence-electron chi connectivity index (χ0n) is 11.0. The quantitative estimate of drug-likeness (QED) is 0.838. The maximum atomic E-state index is 12.1. The Kier molecular flexibility index (Phi) is 4.02. The fourth-order valence-corrected chi connectivity index (χ4v) is 2.55. The van der Waals surface area contributed by atoms with Gasteiger partial charge in [0.15, 0.2) is 0 Å². The van der Waals surface area contributed by atoms with Crippen LogP contribution in [0.2, 0.25) is 0 Å². The summed E-state index contributed by atoms with van der Waals surface area (Å²) in [5, 5.41) is 3.01. The van der Waals surface area contributed by atoms with Gasteiger partial charge < -0.3 is 11.1 Å². The minimum Gasteiger partial charge on any atom is -0.354 e. The van der Waals surface area contributed by atoms with E-state index in [9.17, 15) is 4.79 Å². The van der Waals surface area contributed by atoms with Gasteiger partial charge in [-0.25, -0.2) is 0 Å². The minimum atomic E-state index is -0.121. The predicted octanol–water partition coefficient (Wildman–Crippen LogP) is 2.38. The fourth-order valence-electron chi connectivity index (χ4n) is 2.55. The van der Waals surface area contributed by atoms with Crippen LogP contribution in [-0.4, -0.2) is 12.5 Å². The van der Waals surface area contributed by atoms with Gasteiger partial charge in [0.2, 0.25) is 5.91 Å². The van der Waals surface area contributed by atoms with Crippen LogP contribution in [0.25, 0.3) is 0 Å². The van der Waals surface area contributed by atoms with E-state index in [-0.39, 0.29) is 17.4 Å². The number of nitrogens with two attached hydrogens (primary N) is 1. The SMILES string of the molecule is CCC1(C(=O)NCC(N)c2ccccc2)CCC1. The number of benzene rings is 1. The molecule has 1 aromatic carbocycles. The first-order valence-electron chi connectivity index (χ1n) is 6.77. The number of nitrogens with one attached hydrogen (secondary N) is 1. The second-order valence-corrected chi connectivity index (χ2v) is 5.21. The molecule has 3 N–H and O–H groups in total.